The van der Waals surface area contributed by atoms with Gasteiger partial charge in [0, 0.05) is 11.1 Å². The summed E-state index contributed by atoms with van der Waals surface area (Å²) in [5, 5.41) is 20.7. The molecular weight excluding hydrogens is 343 g/mol. The third-order valence-corrected chi connectivity index (χ3v) is 3.57. The van der Waals surface area contributed by atoms with Gasteiger partial charge in [-0.2, -0.15) is 0 Å². The number of nitrogens with two attached hydrogens (primary N) is 1. The molecular formula is C14H12BrFN2O3. The van der Waals surface area contributed by atoms with E-state index in [0.29, 0.717) is 11.3 Å². The second-order valence-electron chi connectivity index (χ2n) is 4.09. The molecule has 110 valence electrons. The van der Waals surface area contributed by atoms with Gasteiger partial charge in [-0.05, 0) is 34.1 Å². The zero-order valence-electron chi connectivity index (χ0n) is 10.8. The Bertz CT molecular complexity index is 692. The molecule has 0 fully saturated rings. The van der Waals surface area contributed by atoms with Crippen molar-refractivity contribution in [3.63, 3.8) is 0 Å². The first-order valence-electron chi connectivity index (χ1n) is 5.91. The monoisotopic (exact) mass is 354 g/mol. The van der Waals surface area contributed by atoms with Crippen LogP contribution in [-0.2, 0) is 6.61 Å². The highest BCUT2D eigenvalue weighted by atomic mass is 79.9. The van der Waals surface area contributed by atoms with Gasteiger partial charge in [-0.25, -0.2) is 4.39 Å². The summed E-state index contributed by atoms with van der Waals surface area (Å²) in [6.45, 7) is -0.221. The molecule has 0 aliphatic heterocycles. The molecule has 0 saturated carbocycles. The number of amidine groups is 1. The van der Waals surface area contributed by atoms with Gasteiger partial charge in [0.15, 0.2) is 17.4 Å². The molecule has 0 heterocycles. The maximum Gasteiger partial charge on any atom is 0.180 e. The number of aliphatic hydroxyl groups excluding tert-OH is 1. The van der Waals surface area contributed by atoms with Crippen molar-refractivity contribution in [3.8, 4) is 11.5 Å². The maximum atomic E-state index is 14.3. The second-order valence-corrected chi connectivity index (χ2v) is 4.89. The van der Waals surface area contributed by atoms with E-state index >= 15 is 0 Å². The Labute approximate surface area is 128 Å². The fraction of sp³-hybridized carbons (Fsp3) is 0.0714. The fourth-order valence-corrected chi connectivity index (χ4v) is 2.25. The van der Waals surface area contributed by atoms with Crippen LogP contribution >= 0.6 is 15.9 Å². The van der Waals surface area contributed by atoms with E-state index < -0.39 is 5.82 Å². The molecule has 21 heavy (non-hydrogen) atoms. The first-order chi connectivity index (χ1) is 10.1. The molecule has 0 amide bonds. The Balaban J connectivity index is 2.40. The summed E-state index contributed by atoms with van der Waals surface area (Å²) in [6.07, 6.45) is 0. The van der Waals surface area contributed by atoms with E-state index in [1.807, 2.05) is 0 Å². The molecule has 0 saturated heterocycles. The van der Waals surface area contributed by atoms with Crippen LogP contribution in [0.25, 0.3) is 0 Å². The van der Waals surface area contributed by atoms with Crippen LogP contribution in [0.4, 0.5) is 4.39 Å². The molecule has 0 aliphatic carbocycles. The number of halogens is 2. The molecule has 0 atom stereocenters. The number of benzene rings is 2. The van der Waals surface area contributed by atoms with Gasteiger partial charge in [0.2, 0.25) is 0 Å². The Morgan fingerprint density at radius 2 is 1.95 bits per heavy atom. The number of rotatable bonds is 4. The molecule has 2 aromatic rings. The third-order valence-electron chi connectivity index (χ3n) is 2.79. The van der Waals surface area contributed by atoms with Crippen LogP contribution < -0.4 is 10.5 Å². The van der Waals surface area contributed by atoms with E-state index in [0.717, 1.165) is 0 Å². The zero-order valence-corrected chi connectivity index (χ0v) is 12.3. The third kappa shape index (κ3) is 3.14. The molecule has 7 heteroatoms. The van der Waals surface area contributed by atoms with E-state index in [2.05, 4.69) is 21.1 Å². The van der Waals surface area contributed by atoms with Crippen molar-refractivity contribution in [1.82, 2.24) is 0 Å². The minimum Gasteiger partial charge on any atom is -0.454 e. The van der Waals surface area contributed by atoms with Crippen molar-refractivity contribution < 1.29 is 19.4 Å². The lowest BCUT2D eigenvalue weighted by Crippen LogP contribution is -2.14. The fourth-order valence-electron chi connectivity index (χ4n) is 1.71. The smallest absolute Gasteiger partial charge is 0.180 e. The molecule has 4 N–H and O–H groups in total. The minimum atomic E-state index is -0.688. The number of ether oxygens (including phenoxy) is 1. The van der Waals surface area contributed by atoms with Crippen molar-refractivity contribution in [3.05, 3.63) is 57.8 Å². The predicted molar refractivity (Wildman–Crippen MR) is 79.0 cm³/mol. The van der Waals surface area contributed by atoms with Gasteiger partial charge in [-0.3, -0.25) is 0 Å². The summed E-state index contributed by atoms with van der Waals surface area (Å²) in [7, 11) is 0. The Morgan fingerprint density at radius 3 is 2.62 bits per heavy atom. The van der Waals surface area contributed by atoms with Crippen molar-refractivity contribution in [2.45, 2.75) is 6.61 Å². The van der Waals surface area contributed by atoms with Crippen molar-refractivity contribution in [1.29, 1.82) is 0 Å². The van der Waals surface area contributed by atoms with Crippen molar-refractivity contribution in [2.24, 2.45) is 10.9 Å². The second kappa shape index (κ2) is 6.55. The SMILES string of the molecule is N/C(=N/O)c1ccc(Oc2ccccc2CO)c(F)c1Br. The normalized spacial score (nSPS) is 11.5. The summed E-state index contributed by atoms with van der Waals surface area (Å²) >= 11 is 3.05. The number of para-hydroxylation sites is 1. The predicted octanol–water partition coefficient (Wildman–Crippen LogP) is 2.97. The largest absolute Gasteiger partial charge is 0.454 e. The molecule has 0 aromatic heterocycles. The summed E-state index contributed by atoms with van der Waals surface area (Å²) in [5.41, 5.74) is 6.18. The van der Waals surface area contributed by atoms with Gasteiger partial charge in [-0.1, -0.05) is 23.4 Å². The van der Waals surface area contributed by atoms with Gasteiger partial charge >= 0.3 is 0 Å². The highest BCUT2D eigenvalue weighted by Crippen LogP contribution is 2.33. The lowest BCUT2D eigenvalue weighted by atomic mass is 10.2. The Hall–Kier alpha value is -2.12. The van der Waals surface area contributed by atoms with Crippen molar-refractivity contribution in [2.75, 3.05) is 0 Å². The van der Waals surface area contributed by atoms with Crippen LogP contribution in [0.2, 0.25) is 0 Å². The van der Waals surface area contributed by atoms with Crippen LogP contribution in [0.15, 0.2) is 46.0 Å². The van der Waals surface area contributed by atoms with Crippen LogP contribution in [0.5, 0.6) is 11.5 Å². The molecule has 0 spiro atoms. The molecule has 0 bridgehead atoms. The zero-order chi connectivity index (χ0) is 15.4. The van der Waals surface area contributed by atoms with E-state index in [4.69, 9.17) is 15.7 Å². The van der Waals surface area contributed by atoms with Crippen LogP contribution in [0.1, 0.15) is 11.1 Å². The molecule has 2 aromatic carbocycles. The minimum absolute atomic E-state index is 0.0248. The van der Waals surface area contributed by atoms with Gasteiger partial charge in [0.05, 0.1) is 11.1 Å². The summed E-state index contributed by atoms with van der Waals surface area (Å²) in [4.78, 5) is 0. The van der Waals surface area contributed by atoms with E-state index in [1.54, 1.807) is 24.3 Å². The molecule has 0 unspecified atom stereocenters. The van der Waals surface area contributed by atoms with Gasteiger partial charge < -0.3 is 20.8 Å². The summed E-state index contributed by atoms with van der Waals surface area (Å²) in [6, 6.07) is 9.57. The van der Waals surface area contributed by atoms with E-state index in [9.17, 15) is 9.50 Å². The highest BCUT2D eigenvalue weighted by molar-refractivity contribution is 9.10. The van der Waals surface area contributed by atoms with Gasteiger partial charge in [-0.15, -0.1) is 0 Å². The van der Waals surface area contributed by atoms with E-state index in [-0.39, 0.29) is 28.2 Å². The average molecular weight is 355 g/mol. The highest BCUT2D eigenvalue weighted by Gasteiger charge is 2.16. The Morgan fingerprint density at radius 1 is 1.24 bits per heavy atom. The topological polar surface area (TPSA) is 88.1 Å². The van der Waals surface area contributed by atoms with Crippen molar-refractivity contribution >= 4 is 21.8 Å². The number of hydrogen-bond acceptors (Lipinski definition) is 4. The molecule has 0 aliphatic rings. The van der Waals surface area contributed by atoms with Crippen LogP contribution in [0.3, 0.4) is 0 Å². The quantitative estimate of drug-likeness (QED) is 0.341. The molecule has 2 rings (SSSR count). The molecule has 0 radical (unpaired) electrons. The number of hydrogen-bond donors (Lipinski definition) is 3. The summed E-state index contributed by atoms with van der Waals surface area (Å²) in [5.74, 6) is -0.602. The van der Waals surface area contributed by atoms with Crippen LogP contribution in [-0.4, -0.2) is 16.1 Å². The number of oxime groups is 1. The number of nitrogens with zero attached hydrogens (tertiary/aromatic N) is 1. The molecule has 5 nitrogen and oxygen atoms in total. The van der Waals surface area contributed by atoms with Crippen LogP contribution in [0, 0.1) is 5.82 Å². The average Bonchev–Trinajstić information content (AvgIpc) is 2.51. The lowest BCUT2D eigenvalue weighted by molar-refractivity contribution is 0.276. The number of aliphatic hydroxyl groups is 1. The van der Waals surface area contributed by atoms with Gasteiger partial charge in [0.25, 0.3) is 0 Å². The van der Waals surface area contributed by atoms with E-state index in [1.165, 1.54) is 12.1 Å². The first-order valence-corrected chi connectivity index (χ1v) is 6.70. The first kappa shape index (κ1) is 15.3. The maximum absolute atomic E-state index is 14.3. The summed E-state index contributed by atoms with van der Waals surface area (Å²) < 4.78 is 19.8. The van der Waals surface area contributed by atoms with Gasteiger partial charge in [0.1, 0.15) is 5.75 Å². The lowest BCUT2D eigenvalue weighted by Gasteiger charge is -2.12. The standard InChI is InChI=1S/C14H12BrFN2O3/c15-12-9(14(17)18-20)5-6-11(13(12)16)21-10-4-2-1-3-8(10)7-19/h1-6,19-20H,7H2,(H2,17,18). The Kier molecular flexibility index (Phi) is 4.77.